The van der Waals surface area contributed by atoms with E-state index in [9.17, 15) is 4.79 Å². The maximum Gasteiger partial charge on any atom is 0.244 e. The fraction of sp³-hybridized carbons (Fsp3) is 0.464. The van der Waals surface area contributed by atoms with Gasteiger partial charge in [0.15, 0.2) is 0 Å². The van der Waals surface area contributed by atoms with E-state index in [2.05, 4.69) is 36.2 Å². The van der Waals surface area contributed by atoms with E-state index in [0.717, 1.165) is 30.7 Å². The van der Waals surface area contributed by atoms with Gasteiger partial charge in [-0.15, -0.1) is 0 Å². The Kier molecular flexibility index (Phi) is 8.30. The van der Waals surface area contributed by atoms with Crippen LogP contribution in [0.3, 0.4) is 0 Å². The summed E-state index contributed by atoms with van der Waals surface area (Å²) in [5.41, 5.74) is 4.72. The molecule has 0 spiro atoms. The molecule has 182 valence electrons. The normalized spacial score (nSPS) is 22.3. The van der Waals surface area contributed by atoms with Crippen LogP contribution in [0, 0.1) is 13.8 Å². The molecule has 2 aliphatic rings. The van der Waals surface area contributed by atoms with Crippen molar-refractivity contribution in [2.24, 2.45) is 0 Å². The van der Waals surface area contributed by atoms with Gasteiger partial charge in [-0.25, -0.2) is 0 Å². The van der Waals surface area contributed by atoms with Crippen molar-refractivity contribution in [1.82, 2.24) is 10.2 Å². The second kappa shape index (κ2) is 11.4. The number of hydrogen-bond acceptors (Lipinski definition) is 4. The van der Waals surface area contributed by atoms with Crippen LogP contribution < -0.4 is 10.1 Å². The molecule has 1 amide bonds. The van der Waals surface area contributed by atoms with Gasteiger partial charge < -0.3 is 14.8 Å². The molecule has 2 fully saturated rings. The van der Waals surface area contributed by atoms with Gasteiger partial charge in [0.2, 0.25) is 5.91 Å². The number of nitrogens with zero attached hydrogens (tertiary/aromatic N) is 1. The fourth-order valence-corrected chi connectivity index (χ4v) is 5.49. The Morgan fingerprint density at radius 3 is 2.53 bits per heavy atom. The first kappa shape index (κ1) is 24.8. The molecule has 1 N–H and O–H groups in total. The van der Waals surface area contributed by atoms with Gasteiger partial charge in [-0.05, 0) is 80.0 Å². The molecular formula is C28H35ClN2O3. The van der Waals surface area contributed by atoms with E-state index in [0.29, 0.717) is 30.3 Å². The number of fused-ring (bicyclic) bond motifs is 2. The molecule has 0 aliphatic carbocycles. The highest BCUT2D eigenvalue weighted by atomic mass is 35.5. The number of halogens is 1. The molecular weight excluding hydrogens is 448 g/mol. The SMILES string of the molecule is COCCOc1ccc(CN2C3CCC2CC(NC(=O)/C=C/c2ccccc2Cl)C3)c(C)c1C. The molecule has 5 nitrogen and oxygen atoms in total. The summed E-state index contributed by atoms with van der Waals surface area (Å²) in [5.74, 6) is 0.890. The molecule has 4 rings (SSSR count). The van der Waals surface area contributed by atoms with Gasteiger partial charge in [-0.3, -0.25) is 9.69 Å². The van der Waals surface area contributed by atoms with Crippen LogP contribution in [0.4, 0.5) is 0 Å². The highest BCUT2D eigenvalue weighted by Crippen LogP contribution is 2.38. The van der Waals surface area contributed by atoms with E-state index in [1.807, 2.05) is 24.3 Å². The zero-order chi connectivity index (χ0) is 24.1. The lowest BCUT2D eigenvalue weighted by Crippen LogP contribution is -2.49. The van der Waals surface area contributed by atoms with Crippen LogP contribution in [0.15, 0.2) is 42.5 Å². The van der Waals surface area contributed by atoms with Gasteiger partial charge in [0.25, 0.3) is 0 Å². The number of methoxy groups -OCH3 is 1. The maximum atomic E-state index is 12.5. The number of carbonyl (C=O) groups excluding carboxylic acids is 1. The zero-order valence-corrected chi connectivity index (χ0v) is 21.1. The highest BCUT2D eigenvalue weighted by molar-refractivity contribution is 6.32. The van der Waals surface area contributed by atoms with Gasteiger partial charge in [0.1, 0.15) is 12.4 Å². The summed E-state index contributed by atoms with van der Waals surface area (Å²) in [6.07, 6.45) is 7.77. The zero-order valence-electron chi connectivity index (χ0n) is 20.4. The largest absolute Gasteiger partial charge is 0.491 e. The molecule has 0 radical (unpaired) electrons. The predicted molar refractivity (Wildman–Crippen MR) is 137 cm³/mol. The molecule has 2 heterocycles. The van der Waals surface area contributed by atoms with Crippen LogP contribution >= 0.6 is 11.6 Å². The monoisotopic (exact) mass is 482 g/mol. The summed E-state index contributed by atoms with van der Waals surface area (Å²) >= 11 is 6.19. The minimum Gasteiger partial charge on any atom is -0.491 e. The summed E-state index contributed by atoms with van der Waals surface area (Å²) in [6.45, 7) is 6.42. The third-order valence-corrected chi connectivity index (χ3v) is 7.64. The lowest BCUT2D eigenvalue weighted by Gasteiger charge is -2.39. The Morgan fingerprint density at radius 2 is 1.82 bits per heavy atom. The van der Waals surface area contributed by atoms with Crippen molar-refractivity contribution < 1.29 is 14.3 Å². The molecule has 2 aliphatic heterocycles. The molecule has 2 unspecified atom stereocenters. The maximum absolute atomic E-state index is 12.5. The second-order valence-electron chi connectivity index (χ2n) is 9.40. The fourth-order valence-electron chi connectivity index (χ4n) is 5.29. The van der Waals surface area contributed by atoms with E-state index in [-0.39, 0.29) is 11.9 Å². The van der Waals surface area contributed by atoms with E-state index in [1.54, 1.807) is 19.3 Å². The quantitative estimate of drug-likeness (QED) is 0.389. The van der Waals surface area contributed by atoms with Crippen molar-refractivity contribution in [2.45, 2.75) is 64.2 Å². The molecule has 6 heteroatoms. The molecule has 2 atom stereocenters. The van der Waals surface area contributed by atoms with Gasteiger partial charge >= 0.3 is 0 Å². The summed E-state index contributed by atoms with van der Waals surface area (Å²) in [6, 6.07) is 13.1. The minimum atomic E-state index is -0.0479. The van der Waals surface area contributed by atoms with Gasteiger partial charge in [-0.2, -0.15) is 0 Å². The lowest BCUT2D eigenvalue weighted by molar-refractivity contribution is -0.117. The highest BCUT2D eigenvalue weighted by Gasteiger charge is 2.41. The number of hydrogen-bond donors (Lipinski definition) is 1. The standard InChI is InChI=1S/C28H35ClN2O3/c1-19-20(2)27(34-15-14-33-3)12-8-22(19)18-31-24-10-11-25(31)17-23(16-24)30-28(32)13-9-21-6-4-5-7-26(21)29/h4-9,12-13,23-25H,10-11,14-18H2,1-3H3,(H,30,32)/b13-9+. The third kappa shape index (κ3) is 5.83. The van der Waals surface area contributed by atoms with Crippen LogP contribution in [0.2, 0.25) is 5.02 Å². The average Bonchev–Trinajstić information content (AvgIpc) is 3.05. The third-order valence-electron chi connectivity index (χ3n) is 7.30. The van der Waals surface area contributed by atoms with Crippen molar-refractivity contribution in [3.8, 4) is 5.75 Å². The molecule has 0 saturated carbocycles. The number of nitrogens with one attached hydrogen (secondary N) is 1. The van der Waals surface area contributed by atoms with Crippen LogP contribution in [-0.2, 0) is 16.1 Å². The number of piperidine rings is 1. The molecule has 2 aromatic carbocycles. The molecule has 0 aromatic heterocycles. The second-order valence-corrected chi connectivity index (χ2v) is 9.81. The molecule has 2 bridgehead atoms. The first-order chi connectivity index (χ1) is 16.5. The molecule has 2 aromatic rings. The smallest absolute Gasteiger partial charge is 0.244 e. The Balaban J connectivity index is 1.34. The van der Waals surface area contributed by atoms with Crippen LogP contribution in [-0.4, -0.2) is 49.3 Å². The Hall–Kier alpha value is -2.34. The van der Waals surface area contributed by atoms with Crippen LogP contribution in [0.1, 0.15) is 47.9 Å². The van der Waals surface area contributed by atoms with Crippen molar-refractivity contribution in [1.29, 1.82) is 0 Å². The summed E-state index contributed by atoms with van der Waals surface area (Å²) in [7, 11) is 1.69. The first-order valence-electron chi connectivity index (χ1n) is 12.2. The first-order valence-corrected chi connectivity index (χ1v) is 12.5. The Morgan fingerprint density at radius 1 is 1.09 bits per heavy atom. The minimum absolute atomic E-state index is 0.0479. The van der Waals surface area contributed by atoms with Gasteiger partial charge in [-0.1, -0.05) is 35.9 Å². The van der Waals surface area contributed by atoms with Crippen LogP contribution in [0.5, 0.6) is 5.75 Å². The summed E-state index contributed by atoms with van der Waals surface area (Å²) in [5, 5.41) is 3.87. The van der Waals surface area contributed by atoms with Crippen LogP contribution in [0.25, 0.3) is 6.08 Å². The topological polar surface area (TPSA) is 50.8 Å². The Labute approximate surface area is 208 Å². The number of benzene rings is 2. The Bertz CT molecular complexity index is 1020. The molecule has 2 saturated heterocycles. The van der Waals surface area contributed by atoms with E-state index in [1.165, 1.54) is 29.5 Å². The number of ether oxygens (including phenoxy) is 2. The van der Waals surface area contributed by atoms with E-state index >= 15 is 0 Å². The predicted octanol–water partition coefficient (Wildman–Crippen LogP) is 5.31. The van der Waals surface area contributed by atoms with Gasteiger partial charge in [0.05, 0.1) is 6.61 Å². The number of amides is 1. The van der Waals surface area contributed by atoms with Gasteiger partial charge in [0, 0.05) is 42.9 Å². The number of carbonyl (C=O) groups is 1. The van der Waals surface area contributed by atoms with Crippen molar-refractivity contribution in [3.63, 3.8) is 0 Å². The van der Waals surface area contributed by atoms with Crippen molar-refractivity contribution >= 4 is 23.6 Å². The van der Waals surface area contributed by atoms with E-state index < -0.39 is 0 Å². The number of rotatable bonds is 9. The summed E-state index contributed by atoms with van der Waals surface area (Å²) in [4.78, 5) is 15.2. The van der Waals surface area contributed by atoms with Crippen molar-refractivity contribution in [2.75, 3.05) is 20.3 Å². The molecule has 34 heavy (non-hydrogen) atoms. The average molecular weight is 483 g/mol. The van der Waals surface area contributed by atoms with Crippen molar-refractivity contribution in [3.05, 3.63) is 69.8 Å². The summed E-state index contributed by atoms with van der Waals surface area (Å²) < 4.78 is 11.0. The van der Waals surface area contributed by atoms with E-state index in [4.69, 9.17) is 21.1 Å². The lowest BCUT2D eigenvalue weighted by atomic mass is 9.95.